The second-order valence-electron chi connectivity index (χ2n) is 6.81. The maximum absolute atomic E-state index is 12.5. The number of anilines is 2. The van der Waals surface area contributed by atoms with Crippen LogP contribution >= 0.6 is 0 Å². The van der Waals surface area contributed by atoms with E-state index in [1.54, 1.807) is 12.1 Å². The highest BCUT2D eigenvalue weighted by molar-refractivity contribution is 6.09. The van der Waals surface area contributed by atoms with Crippen molar-refractivity contribution in [1.82, 2.24) is 0 Å². The van der Waals surface area contributed by atoms with Crippen LogP contribution in [-0.4, -0.2) is 11.9 Å². The fourth-order valence-corrected chi connectivity index (χ4v) is 3.17. The molecule has 0 aliphatic heterocycles. The highest BCUT2D eigenvalue weighted by Gasteiger charge is 2.16. The molecule has 0 saturated carbocycles. The number of hydrogen-bond donors (Lipinski definition) is 2. The number of nitrogens with one attached hydrogen (secondary N) is 1. The molecule has 5 nitrogen and oxygen atoms in total. The minimum absolute atomic E-state index is 0.154. The Kier molecular flexibility index (Phi) is 6.65. The van der Waals surface area contributed by atoms with Crippen molar-refractivity contribution >= 4 is 34.0 Å². The lowest BCUT2D eigenvalue weighted by Crippen LogP contribution is -2.15. The molecular weight excluding hydrogens is 376 g/mol. The summed E-state index contributed by atoms with van der Waals surface area (Å²) >= 11 is 0. The molecule has 0 atom stereocenters. The minimum atomic E-state index is -0.383. The van der Waals surface area contributed by atoms with Crippen LogP contribution in [0, 0.1) is 0 Å². The summed E-state index contributed by atoms with van der Waals surface area (Å²) in [7, 11) is 0. The average Bonchev–Trinajstić information content (AvgIpc) is 2.75. The molecule has 0 heterocycles. The molecule has 0 aliphatic carbocycles. The Morgan fingerprint density at radius 2 is 1.73 bits per heavy atom. The molecule has 30 heavy (non-hydrogen) atoms. The number of benzene rings is 3. The fraction of sp³-hybridized carbons (Fsp3) is 0.120. The van der Waals surface area contributed by atoms with Gasteiger partial charge in [0.25, 0.3) is 0 Å². The quantitative estimate of drug-likeness (QED) is 0.252. The number of allylic oxidation sites excluding steroid dienone is 2. The largest absolute Gasteiger partial charge is 0.426 e. The van der Waals surface area contributed by atoms with E-state index in [-0.39, 0.29) is 24.7 Å². The Labute approximate surface area is 175 Å². The summed E-state index contributed by atoms with van der Waals surface area (Å²) in [5, 5.41) is 4.28. The summed E-state index contributed by atoms with van der Waals surface area (Å²) in [6.07, 6.45) is 3.84. The third-order valence-corrected chi connectivity index (χ3v) is 4.71. The first-order valence-corrected chi connectivity index (χ1v) is 9.65. The zero-order chi connectivity index (χ0) is 21.5. The number of carbonyl (C=O) groups excluding carboxylic acids is 2. The number of fused-ring (bicyclic) bond motifs is 1. The van der Waals surface area contributed by atoms with Crippen molar-refractivity contribution in [2.75, 3.05) is 11.1 Å². The van der Waals surface area contributed by atoms with Gasteiger partial charge in [0.05, 0.1) is 24.2 Å². The van der Waals surface area contributed by atoms with Gasteiger partial charge in [0.1, 0.15) is 5.75 Å². The lowest BCUT2D eigenvalue weighted by molar-refractivity contribution is -0.133. The second kappa shape index (κ2) is 9.56. The van der Waals surface area contributed by atoms with E-state index in [0.29, 0.717) is 27.9 Å². The number of ether oxygens (including phenoxy) is 1. The van der Waals surface area contributed by atoms with Crippen LogP contribution in [0.2, 0.25) is 0 Å². The predicted octanol–water partition coefficient (Wildman–Crippen LogP) is 5.03. The van der Waals surface area contributed by atoms with Gasteiger partial charge in [0.15, 0.2) is 0 Å². The Bertz CT molecular complexity index is 1120. The number of rotatable bonds is 7. The molecule has 3 aromatic rings. The van der Waals surface area contributed by atoms with Crippen molar-refractivity contribution in [3.05, 3.63) is 90.5 Å². The molecule has 3 aromatic carbocycles. The van der Waals surface area contributed by atoms with Crippen molar-refractivity contribution in [2.45, 2.75) is 19.8 Å². The zero-order valence-corrected chi connectivity index (χ0v) is 16.9. The van der Waals surface area contributed by atoms with Gasteiger partial charge in [-0.3, -0.25) is 9.59 Å². The molecule has 0 radical (unpaired) electrons. The molecule has 0 aliphatic rings. The van der Waals surface area contributed by atoms with Crippen LogP contribution in [0.15, 0.2) is 85.0 Å². The van der Waals surface area contributed by atoms with Gasteiger partial charge in [-0.05, 0) is 18.1 Å². The standard InChI is InChI=1S/C25H24N2O3/c1-3-17(4-2)14-23(28)27-25-20-13-9-8-12-19(20)22(16-21(25)26)30-24(29)15-18-10-6-5-7-11-18/h3-13,16H,1,14-15,26H2,2H3,(H,27,28)/b17-4+. The first kappa shape index (κ1) is 20.9. The topological polar surface area (TPSA) is 81.4 Å². The Morgan fingerprint density at radius 3 is 2.40 bits per heavy atom. The van der Waals surface area contributed by atoms with Crippen LogP contribution in [0.4, 0.5) is 11.4 Å². The van der Waals surface area contributed by atoms with E-state index < -0.39 is 0 Å². The van der Waals surface area contributed by atoms with E-state index in [1.165, 1.54) is 0 Å². The van der Waals surface area contributed by atoms with E-state index in [1.807, 2.05) is 67.6 Å². The number of hydrogen-bond acceptors (Lipinski definition) is 4. The summed E-state index contributed by atoms with van der Waals surface area (Å²) in [6, 6.07) is 18.3. The van der Waals surface area contributed by atoms with Gasteiger partial charge in [-0.15, -0.1) is 0 Å². The van der Waals surface area contributed by atoms with Crippen molar-refractivity contribution in [1.29, 1.82) is 0 Å². The Balaban J connectivity index is 1.88. The van der Waals surface area contributed by atoms with Crippen LogP contribution in [0.1, 0.15) is 18.9 Å². The number of nitrogens with two attached hydrogens (primary N) is 1. The molecule has 1 amide bonds. The molecule has 0 fully saturated rings. The normalized spacial score (nSPS) is 11.2. The smallest absolute Gasteiger partial charge is 0.315 e. The van der Waals surface area contributed by atoms with Crippen molar-refractivity contribution in [3.63, 3.8) is 0 Å². The molecule has 0 bridgehead atoms. The maximum Gasteiger partial charge on any atom is 0.315 e. The number of amides is 1. The molecule has 0 aromatic heterocycles. The maximum atomic E-state index is 12.5. The van der Waals surface area contributed by atoms with E-state index >= 15 is 0 Å². The van der Waals surface area contributed by atoms with Crippen LogP contribution in [-0.2, 0) is 16.0 Å². The summed E-state index contributed by atoms with van der Waals surface area (Å²) in [5.74, 6) is -0.220. The molecule has 0 spiro atoms. The number of carbonyl (C=O) groups is 2. The molecule has 0 unspecified atom stereocenters. The molecule has 0 saturated heterocycles. The molecule has 3 N–H and O–H groups in total. The third kappa shape index (κ3) is 4.94. The lowest BCUT2D eigenvalue weighted by Gasteiger charge is -2.15. The summed E-state index contributed by atoms with van der Waals surface area (Å²) in [6.45, 7) is 5.56. The van der Waals surface area contributed by atoms with E-state index in [0.717, 1.165) is 11.1 Å². The van der Waals surface area contributed by atoms with Gasteiger partial charge >= 0.3 is 5.97 Å². The zero-order valence-electron chi connectivity index (χ0n) is 16.9. The SMILES string of the molecule is C=C/C(=C\C)CC(=O)Nc1c(N)cc(OC(=O)Cc2ccccc2)c2ccccc12. The summed E-state index contributed by atoms with van der Waals surface area (Å²) in [5.41, 5.74) is 8.73. The second-order valence-corrected chi connectivity index (χ2v) is 6.81. The third-order valence-electron chi connectivity index (χ3n) is 4.71. The highest BCUT2D eigenvalue weighted by Crippen LogP contribution is 2.37. The molecule has 5 heteroatoms. The highest BCUT2D eigenvalue weighted by atomic mass is 16.5. The van der Waals surface area contributed by atoms with Gasteiger partial charge in [-0.2, -0.15) is 0 Å². The van der Waals surface area contributed by atoms with Crippen LogP contribution in [0.25, 0.3) is 10.8 Å². The van der Waals surface area contributed by atoms with E-state index in [2.05, 4.69) is 11.9 Å². The van der Waals surface area contributed by atoms with Crippen LogP contribution in [0.3, 0.4) is 0 Å². The lowest BCUT2D eigenvalue weighted by atomic mass is 10.1. The average molecular weight is 400 g/mol. The van der Waals surface area contributed by atoms with Crippen molar-refractivity contribution in [3.8, 4) is 5.75 Å². The van der Waals surface area contributed by atoms with Gasteiger partial charge in [0.2, 0.25) is 5.91 Å². The van der Waals surface area contributed by atoms with Crippen LogP contribution < -0.4 is 15.8 Å². The molecular formula is C25H24N2O3. The van der Waals surface area contributed by atoms with Crippen molar-refractivity contribution < 1.29 is 14.3 Å². The van der Waals surface area contributed by atoms with Gasteiger partial charge in [-0.25, -0.2) is 0 Å². The first-order chi connectivity index (χ1) is 14.5. The van der Waals surface area contributed by atoms with Crippen LogP contribution in [0.5, 0.6) is 5.75 Å². The van der Waals surface area contributed by atoms with E-state index in [9.17, 15) is 9.59 Å². The monoisotopic (exact) mass is 400 g/mol. The number of nitrogen functional groups attached to an aromatic ring is 1. The minimum Gasteiger partial charge on any atom is -0.426 e. The van der Waals surface area contributed by atoms with Gasteiger partial charge < -0.3 is 15.8 Å². The first-order valence-electron chi connectivity index (χ1n) is 9.65. The molecule has 3 rings (SSSR count). The Hall–Kier alpha value is -3.86. The van der Waals surface area contributed by atoms with E-state index in [4.69, 9.17) is 10.5 Å². The van der Waals surface area contributed by atoms with Gasteiger partial charge in [-0.1, -0.05) is 73.3 Å². The fourth-order valence-electron chi connectivity index (χ4n) is 3.17. The molecule has 152 valence electrons. The Morgan fingerprint density at radius 1 is 1.07 bits per heavy atom. The van der Waals surface area contributed by atoms with Crippen molar-refractivity contribution in [2.24, 2.45) is 0 Å². The summed E-state index contributed by atoms with van der Waals surface area (Å²) < 4.78 is 5.62. The predicted molar refractivity (Wildman–Crippen MR) is 121 cm³/mol. The number of esters is 1. The van der Waals surface area contributed by atoms with Gasteiger partial charge in [0, 0.05) is 16.8 Å². The summed E-state index contributed by atoms with van der Waals surface area (Å²) in [4.78, 5) is 24.9.